The summed E-state index contributed by atoms with van der Waals surface area (Å²) in [6.07, 6.45) is -0.0370. The third-order valence-electron chi connectivity index (χ3n) is 1.54. The van der Waals surface area contributed by atoms with Crippen molar-refractivity contribution < 1.29 is 9.13 Å². The van der Waals surface area contributed by atoms with Crippen molar-refractivity contribution in [2.45, 2.75) is 19.5 Å². The standard InChI is InChI=1S/C6H11FO/c1-5-4-8-3-2-6(5)7/h5-6H,2-4H2,1H3/t5-,6-/m0/s1. The molecule has 0 saturated carbocycles. The fraction of sp³-hybridized carbons (Fsp3) is 1.00. The van der Waals surface area contributed by atoms with Crippen LogP contribution >= 0.6 is 0 Å². The molecule has 1 saturated heterocycles. The van der Waals surface area contributed by atoms with Gasteiger partial charge >= 0.3 is 0 Å². The van der Waals surface area contributed by atoms with E-state index in [0.29, 0.717) is 19.6 Å². The summed E-state index contributed by atoms with van der Waals surface area (Å²) in [4.78, 5) is 0. The molecule has 1 nitrogen and oxygen atoms in total. The summed E-state index contributed by atoms with van der Waals surface area (Å²) in [5.74, 6) is 0.115. The van der Waals surface area contributed by atoms with E-state index in [0.717, 1.165) is 0 Å². The largest absolute Gasteiger partial charge is 0.381 e. The molecule has 0 aromatic rings. The van der Waals surface area contributed by atoms with Crippen LogP contribution in [-0.2, 0) is 4.74 Å². The van der Waals surface area contributed by atoms with E-state index in [-0.39, 0.29) is 5.92 Å². The van der Waals surface area contributed by atoms with Crippen LogP contribution in [0.15, 0.2) is 0 Å². The molecule has 0 amide bonds. The van der Waals surface area contributed by atoms with E-state index in [1.165, 1.54) is 0 Å². The number of hydrogen-bond acceptors (Lipinski definition) is 1. The molecule has 0 unspecified atom stereocenters. The molecule has 8 heavy (non-hydrogen) atoms. The third-order valence-corrected chi connectivity index (χ3v) is 1.54. The summed E-state index contributed by atoms with van der Waals surface area (Å²) in [6.45, 7) is 3.08. The molecule has 1 rings (SSSR count). The molecular weight excluding hydrogens is 107 g/mol. The van der Waals surface area contributed by atoms with Crippen molar-refractivity contribution in [1.82, 2.24) is 0 Å². The van der Waals surface area contributed by atoms with Gasteiger partial charge in [-0.2, -0.15) is 0 Å². The first kappa shape index (κ1) is 6.02. The Hall–Kier alpha value is -0.110. The summed E-state index contributed by atoms with van der Waals surface area (Å²) in [7, 11) is 0. The van der Waals surface area contributed by atoms with E-state index in [9.17, 15) is 4.39 Å². The Kier molecular flexibility index (Phi) is 1.84. The van der Waals surface area contributed by atoms with Crippen molar-refractivity contribution in [3.63, 3.8) is 0 Å². The van der Waals surface area contributed by atoms with Crippen LogP contribution in [0.5, 0.6) is 0 Å². The number of ether oxygens (including phenoxy) is 1. The Labute approximate surface area is 48.8 Å². The van der Waals surface area contributed by atoms with Crippen molar-refractivity contribution in [1.29, 1.82) is 0 Å². The van der Waals surface area contributed by atoms with Gasteiger partial charge in [0.15, 0.2) is 0 Å². The number of rotatable bonds is 0. The van der Waals surface area contributed by atoms with E-state index in [4.69, 9.17) is 4.74 Å². The van der Waals surface area contributed by atoms with Crippen molar-refractivity contribution in [2.24, 2.45) is 5.92 Å². The Morgan fingerprint density at radius 1 is 1.62 bits per heavy atom. The summed E-state index contributed by atoms with van der Waals surface area (Å²) in [5.41, 5.74) is 0. The molecule has 1 aliphatic heterocycles. The van der Waals surface area contributed by atoms with Gasteiger partial charge in [-0.25, -0.2) is 4.39 Å². The quantitative estimate of drug-likeness (QED) is 0.467. The minimum atomic E-state index is -0.622. The van der Waals surface area contributed by atoms with Crippen molar-refractivity contribution in [3.8, 4) is 0 Å². The number of hydrogen-bond donors (Lipinski definition) is 0. The average molecular weight is 118 g/mol. The van der Waals surface area contributed by atoms with E-state index in [2.05, 4.69) is 0 Å². The first-order valence-corrected chi connectivity index (χ1v) is 3.02. The molecule has 0 bridgehead atoms. The zero-order chi connectivity index (χ0) is 5.98. The van der Waals surface area contributed by atoms with Crippen LogP contribution < -0.4 is 0 Å². The fourth-order valence-electron chi connectivity index (χ4n) is 0.854. The summed E-state index contributed by atoms with van der Waals surface area (Å²) >= 11 is 0. The van der Waals surface area contributed by atoms with Gasteiger partial charge in [0.2, 0.25) is 0 Å². The Morgan fingerprint density at radius 3 is 2.75 bits per heavy atom. The highest BCUT2D eigenvalue weighted by Gasteiger charge is 2.20. The van der Waals surface area contributed by atoms with E-state index in [1.54, 1.807) is 0 Å². The maximum Gasteiger partial charge on any atom is 0.107 e. The predicted molar refractivity (Wildman–Crippen MR) is 29.5 cm³/mol. The van der Waals surface area contributed by atoms with E-state index >= 15 is 0 Å². The van der Waals surface area contributed by atoms with Crippen molar-refractivity contribution in [3.05, 3.63) is 0 Å². The van der Waals surface area contributed by atoms with Crippen LogP contribution in [0.2, 0.25) is 0 Å². The molecule has 0 N–H and O–H groups in total. The molecule has 0 aromatic heterocycles. The SMILES string of the molecule is C[C@H]1COCC[C@@H]1F. The lowest BCUT2D eigenvalue weighted by Crippen LogP contribution is -2.25. The normalized spacial score (nSPS) is 39.8. The molecule has 0 aliphatic carbocycles. The molecule has 0 aromatic carbocycles. The van der Waals surface area contributed by atoms with Gasteiger partial charge in [-0.3, -0.25) is 0 Å². The maximum absolute atomic E-state index is 12.5. The molecule has 0 radical (unpaired) electrons. The van der Waals surface area contributed by atoms with Crippen LogP contribution in [0.25, 0.3) is 0 Å². The summed E-state index contributed by atoms with van der Waals surface area (Å²) in [6, 6.07) is 0. The van der Waals surface area contributed by atoms with Gasteiger partial charge in [0.1, 0.15) is 6.17 Å². The molecule has 48 valence electrons. The summed E-state index contributed by atoms with van der Waals surface area (Å²) in [5, 5.41) is 0. The van der Waals surface area contributed by atoms with Crippen LogP contribution in [-0.4, -0.2) is 19.4 Å². The first-order valence-electron chi connectivity index (χ1n) is 3.02. The molecule has 0 spiro atoms. The second-order valence-electron chi connectivity index (χ2n) is 2.36. The lowest BCUT2D eigenvalue weighted by molar-refractivity contribution is 0.00933. The molecule has 2 atom stereocenters. The van der Waals surface area contributed by atoms with Gasteiger partial charge in [0.05, 0.1) is 6.61 Å². The monoisotopic (exact) mass is 118 g/mol. The minimum absolute atomic E-state index is 0.115. The van der Waals surface area contributed by atoms with Crippen molar-refractivity contribution >= 4 is 0 Å². The lowest BCUT2D eigenvalue weighted by atomic mass is 10.0. The van der Waals surface area contributed by atoms with Crippen LogP contribution in [0.1, 0.15) is 13.3 Å². The highest BCUT2D eigenvalue weighted by Crippen LogP contribution is 2.16. The Balaban J connectivity index is 2.28. The topological polar surface area (TPSA) is 9.23 Å². The predicted octanol–water partition coefficient (Wildman–Crippen LogP) is 1.38. The smallest absolute Gasteiger partial charge is 0.107 e. The molecule has 1 aliphatic rings. The molecule has 1 heterocycles. The second kappa shape index (κ2) is 2.44. The third kappa shape index (κ3) is 1.19. The fourth-order valence-corrected chi connectivity index (χ4v) is 0.854. The first-order chi connectivity index (χ1) is 3.80. The summed E-state index contributed by atoms with van der Waals surface area (Å²) < 4.78 is 17.5. The Bertz CT molecular complexity index is 64.9. The second-order valence-corrected chi connectivity index (χ2v) is 2.36. The molecule has 2 heteroatoms. The molecular formula is C6H11FO. The number of alkyl halides is 1. The van der Waals surface area contributed by atoms with Gasteiger partial charge < -0.3 is 4.74 Å². The van der Waals surface area contributed by atoms with E-state index < -0.39 is 6.17 Å². The van der Waals surface area contributed by atoms with Crippen LogP contribution in [0, 0.1) is 5.92 Å². The lowest BCUT2D eigenvalue weighted by Gasteiger charge is -2.21. The minimum Gasteiger partial charge on any atom is -0.381 e. The number of halogens is 1. The zero-order valence-corrected chi connectivity index (χ0v) is 5.06. The highest BCUT2D eigenvalue weighted by molar-refractivity contribution is 4.67. The van der Waals surface area contributed by atoms with Crippen molar-refractivity contribution in [2.75, 3.05) is 13.2 Å². The zero-order valence-electron chi connectivity index (χ0n) is 5.06. The van der Waals surface area contributed by atoms with Gasteiger partial charge in [-0.05, 0) is 0 Å². The highest BCUT2D eigenvalue weighted by atomic mass is 19.1. The Morgan fingerprint density at radius 2 is 2.38 bits per heavy atom. The van der Waals surface area contributed by atoms with Gasteiger partial charge in [-0.1, -0.05) is 6.92 Å². The van der Waals surface area contributed by atoms with E-state index in [1.807, 2.05) is 6.92 Å². The van der Waals surface area contributed by atoms with Crippen LogP contribution in [0.3, 0.4) is 0 Å². The van der Waals surface area contributed by atoms with Crippen LogP contribution in [0.4, 0.5) is 4.39 Å². The average Bonchev–Trinajstić information content (AvgIpc) is 1.77. The molecule has 1 fully saturated rings. The van der Waals surface area contributed by atoms with Gasteiger partial charge in [-0.15, -0.1) is 0 Å². The van der Waals surface area contributed by atoms with Gasteiger partial charge in [0.25, 0.3) is 0 Å². The van der Waals surface area contributed by atoms with Gasteiger partial charge in [0, 0.05) is 18.9 Å². The maximum atomic E-state index is 12.5.